The highest BCUT2D eigenvalue weighted by Crippen LogP contribution is 2.18. The second kappa shape index (κ2) is 6.76. The van der Waals surface area contributed by atoms with Crippen LogP contribution in [0.3, 0.4) is 0 Å². The van der Waals surface area contributed by atoms with Crippen LogP contribution in [0.4, 0.5) is 0 Å². The fourth-order valence-electron chi connectivity index (χ4n) is 1.73. The molecule has 2 aromatic carbocycles. The van der Waals surface area contributed by atoms with Gasteiger partial charge in [-0.15, -0.1) is 0 Å². The molecule has 2 aromatic rings. The predicted molar refractivity (Wildman–Crippen MR) is 90.8 cm³/mol. The summed E-state index contributed by atoms with van der Waals surface area (Å²) in [5, 5.41) is 0. The Morgan fingerprint density at radius 3 is 2.48 bits per heavy atom. The fraction of sp³-hybridized carbons (Fsp3) is 0.200. The van der Waals surface area contributed by atoms with Crippen molar-refractivity contribution in [3.63, 3.8) is 0 Å². The molecular formula is C15H16INO3S. The largest absolute Gasteiger partial charge is 0.489 e. The molecule has 0 aliphatic heterocycles. The molecular weight excluding hydrogens is 401 g/mol. The quantitative estimate of drug-likeness (QED) is 0.703. The summed E-state index contributed by atoms with van der Waals surface area (Å²) < 4.78 is 32.2. The van der Waals surface area contributed by atoms with Gasteiger partial charge in [-0.2, -0.15) is 0 Å². The van der Waals surface area contributed by atoms with E-state index in [0.29, 0.717) is 6.61 Å². The lowest BCUT2D eigenvalue weighted by Crippen LogP contribution is -2.22. The number of sulfonamides is 1. The van der Waals surface area contributed by atoms with Crippen molar-refractivity contribution in [2.45, 2.75) is 11.5 Å². The molecule has 0 atom stereocenters. The van der Waals surface area contributed by atoms with Crippen molar-refractivity contribution in [2.24, 2.45) is 0 Å². The van der Waals surface area contributed by atoms with Crippen LogP contribution in [0, 0.1) is 3.57 Å². The molecule has 21 heavy (non-hydrogen) atoms. The Morgan fingerprint density at radius 1 is 1.10 bits per heavy atom. The number of hydrogen-bond acceptors (Lipinski definition) is 3. The Morgan fingerprint density at radius 2 is 1.81 bits per heavy atom. The lowest BCUT2D eigenvalue weighted by molar-refractivity contribution is 0.305. The van der Waals surface area contributed by atoms with Gasteiger partial charge in [0.1, 0.15) is 12.4 Å². The molecule has 6 heteroatoms. The fourth-order valence-corrected chi connectivity index (χ4v) is 3.22. The molecule has 0 bridgehead atoms. The molecule has 112 valence electrons. The Labute approximate surface area is 138 Å². The van der Waals surface area contributed by atoms with Gasteiger partial charge in [-0.3, -0.25) is 0 Å². The third-order valence-corrected chi connectivity index (χ3v) is 5.36. The summed E-state index contributed by atoms with van der Waals surface area (Å²) in [6.45, 7) is 0.330. The number of nitrogens with zero attached hydrogens (tertiary/aromatic N) is 1. The molecule has 0 saturated heterocycles. The van der Waals surface area contributed by atoms with Gasteiger partial charge in [-0.25, -0.2) is 12.7 Å². The van der Waals surface area contributed by atoms with Gasteiger partial charge in [0, 0.05) is 17.7 Å². The molecule has 0 aliphatic carbocycles. The first-order valence-corrected chi connectivity index (χ1v) is 8.81. The maximum atomic E-state index is 12.1. The van der Waals surface area contributed by atoms with Gasteiger partial charge in [0.2, 0.25) is 10.0 Å². The Hall–Kier alpha value is -1.12. The second-order valence-corrected chi connectivity index (χ2v) is 8.08. The van der Waals surface area contributed by atoms with E-state index in [1.807, 2.05) is 30.3 Å². The van der Waals surface area contributed by atoms with Crippen LogP contribution in [0.25, 0.3) is 0 Å². The first-order valence-electron chi connectivity index (χ1n) is 6.29. The summed E-state index contributed by atoms with van der Waals surface area (Å²) >= 11 is 2.22. The van der Waals surface area contributed by atoms with E-state index in [2.05, 4.69) is 22.6 Å². The highest BCUT2D eigenvalue weighted by molar-refractivity contribution is 14.1. The van der Waals surface area contributed by atoms with Crippen molar-refractivity contribution in [2.75, 3.05) is 14.1 Å². The summed E-state index contributed by atoms with van der Waals surface area (Å²) in [6, 6.07) is 14.5. The third kappa shape index (κ3) is 4.18. The van der Waals surface area contributed by atoms with Crippen molar-refractivity contribution in [1.82, 2.24) is 4.31 Å². The zero-order valence-electron chi connectivity index (χ0n) is 11.8. The van der Waals surface area contributed by atoms with Gasteiger partial charge in [0.05, 0.1) is 4.90 Å². The van der Waals surface area contributed by atoms with Crippen molar-refractivity contribution in [1.29, 1.82) is 0 Å². The zero-order chi connectivity index (χ0) is 15.5. The topological polar surface area (TPSA) is 46.6 Å². The number of ether oxygens (including phenoxy) is 1. The lowest BCUT2D eigenvalue weighted by Gasteiger charge is -2.12. The summed E-state index contributed by atoms with van der Waals surface area (Å²) in [4.78, 5) is 0.274. The zero-order valence-corrected chi connectivity index (χ0v) is 14.8. The SMILES string of the molecule is CN(C)S(=O)(=O)c1cccc(COc2cccc(I)c2)c1. The van der Waals surface area contributed by atoms with Gasteiger partial charge < -0.3 is 4.74 Å². The maximum absolute atomic E-state index is 12.1. The maximum Gasteiger partial charge on any atom is 0.242 e. The minimum atomic E-state index is -3.41. The van der Waals surface area contributed by atoms with E-state index >= 15 is 0 Å². The molecule has 0 fully saturated rings. The van der Waals surface area contributed by atoms with Gasteiger partial charge >= 0.3 is 0 Å². The Bertz CT molecular complexity index is 729. The standard InChI is InChI=1S/C15H16INO3S/c1-17(2)21(18,19)15-8-3-5-12(9-15)11-20-14-7-4-6-13(16)10-14/h3-10H,11H2,1-2H3. The van der Waals surface area contributed by atoms with E-state index in [1.54, 1.807) is 18.2 Å². The first kappa shape index (κ1) is 16.3. The molecule has 0 aromatic heterocycles. The molecule has 0 saturated carbocycles. The molecule has 0 N–H and O–H groups in total. The smallest absolute Gasteiger partial charge is 0.242 e. The average molecular weight is 417 g/mol. The monoisotopic (exact) mass is 417 g/mol. The average Bonchev–Trinajstić information content (AvgIpc) is 2.45. The molecule has 0 unspecified atom stereocenters. The van der Waals surface area contributed by atoms with E-state index in [9.17, 15) is 8.42 Å². The van der Waals surface area contributed by atoms with Crippen LogP contribution in [0.2, 0.25) is 0 Å². The summed E-state index contributed by atoms with van der Waals surface area (Å²) in [5.41, 5.74) is 0.816. The highest BCUT2D eigenvalue weighted by Gasteiger charge is 2.17. The summed E-state index contributed by atoms with van der Waals surface area (Å²) in [7, 11) is -0.376. The highest BCUT2D eigenvalue weighted by atomic mass is 127. The van der Waals surface area contributed by atoms with E-state index < -0.39 is 10.0 Å². The molecule has 0 radical (unpaired) electrons. The van der Waals surface area contributed by atoms with Gasteiger partial charge in [-0.05, 0) is 58.5 Å². The van der Waals surface area contributed by atoms with E-state index in [1.165, 1.54) is 18.4 Å². The van der Waals surface area contributed by atoms with Crippen LogP contribution < -0.4 is 4.74 Å². The number of benzene rings is 2. The minimum absolute atomic E-state index is 0.274. The molecule has 0 aliphatic rings. The van der Waals surface area contributed by atoms with Crippen LogP contribution >= 0.6 is 22.6 Å². The number of hydrogen-bond donors (Lipinski definition) is 0. The van der Waals surface area contributed by atoms with Crippen molar-refractivity contribution in [3.8, 4) is 5.75 Å². The van der Waals surface area contributed by atoms with Crippen molar-refractivity contribution >= 4 is 32.6 Å². The van der Waals surface area contributed by atoms with Crippen molar-refractivity contribution < 1.29 is 13.2 Å². The Balaban J connectivity index is 2.15. The number of rotatable bonds is 5. The molecule has 2 rings (SSSR count). The molecule has 0 heterocycles. The summed E-state index contributed by atoms with van der Waals surface area (Å²) in [5.74, 6) is 0.766. The second-order valence-electron chi connectivity index (χ2n) is 4.68. The molecule has 0 amide bonds. The third-order valence-electron chi connectivity index (χ3n) is 2.88. The van der Waals surface area contributed by atoms with Crippen LogP contribution in [0.5, 0.6) is 5.75 Å². The predicted octanol–water partition coefficient (Wildman–Crippen LogP) is 3.12. The van der Waals surface area contributed by atoms with Crippen LogP contribution in [-0.4, -0.2) is 26.8 Å². The lowest BCUT2D eigenvalue weighted by atomic mass is 10.2. The normalized spacial score (nSPS) is 11.6. The van der Waals surface area contributed by atoms with Gasteiger partial charge in [0.15, 0.2) is 0 Å². The molecule has 4 nitrogen and oxygen atoms in total. The molecule has 0 spiro atoms. The van der Waals surface area contributed by atoms with Crippen LogP contribution in [0.1, 0.15) is 5.56 Å². The Kier molecular flexibility index (Phi) is 5.23. The van der Waals surface area contributed by atoms with E-state index in [-0.39, 0.29) is 4.90 Å². The summed E-state index contributed by atoms with van der Waals surface area (Å²) in [6.07, 6.45) is 0. The van der Waals surface area contributed by atoms with E-state index in [4.69, 9.17) is 4.74 Å². The van der Waals surface area contributed by atoms with Crippen LogP contribution in [0.15, 0.2) is 53.4 Å². The van der Waals surface area contributed by atoms with E-state index in [0.717, 1.165) is 14.9 Å². The van der Waals surface area contributed by atoms with Crippen molar-refractivity contribution in [3.05, 3.63) is 57.7 Å². The minimum Gasteiger partial charge on any atom is -0.489 e. The van der Waals surface area contributed by atoms with Gasteiger partial charge in [0.25, 0.3) is 0 Å². The van der Waals surface area contributed by atoms with Crippen LogP contribution in [-0.2, 0) is 16.6 Å². The van der Waals surface area contributed by atoms with Gasteiger partial charge in [-0.1, -0.05) is 18.2 Å². The number of halogens is 1. The first-order chi connectivity index (χ1) is 9.89.